The molecule has 1 atom stereocenters. The van der Waals surface area contributed by atoms with E-state index in [1.54, 1.807) is 12.1 Å². The fourth-order valence-corrected chi connectivity index (χ4v) is 1.80. The van der Waals surface area contributed by atoms with Gasteiger partial charge in [-0.3, -0.25) is 0 Å². The molecule has 90 valence electrons. The number of halogens is 1. The second kappa shape index (κ2) is 5.33. The Hall–Kier alpha value is -2.34. The summed E-state index contributed by atoms with van der Waals surface area (Å²) >= 11 is 0. The molecule has 0 aliphatic rings. The summed E-state index contributed by atoms with van der Waals surface area (Å²) in [6, 6.07) is 15.5. The van der Waals surface area contributed by atoms with Crippen LogP contribution in [0.1, 0.15) is 17.2 Å². The van der Waals surface area contributed by atoms with Crippen LogP contribution in [0.25, 0.3) is 0 Å². The van der Waals surface area contributed by atoms with E-state index in [1.807, 2.05) is 31.2 Å². The van der Waals surface area contributed by atoms with Crippen molar-refractivity contribution in [3.8, 4) is 6.07 Å². The summed E-state index contributed by atoms with van der Waals surface area (Å²) in [5.41, 5.74) is 2.72. The van der Waals surface area contributed by atoms with Crippen LogP contribution in [-0.2, 0) is 0 Å². The predicted octanol–water partition coefficient (Wildman–Crippen LogP) is 3.81. The largest absolute Gasteiger partial charge is 0.366 e. The van der Waals surface area contributed by atoms with Gasteiger partial charge < -0.3 is 5.32 Å². The molecule has 0 saturated heterocycles. The van der Waals surface area contributed by atoms with Crippen molar-refractivity contribution in [3.05, 3.63) is 65.5 Å². The normalized spacial score (nSPS) is 11.6. The summed E-state index contributed by atoms with van der Waals surface area (Å²) < 4.78 is 12.8. The summed E-state index contributed by atoms with van der Waals surface area (Å²) in [4.78, 5) is 0. The third-order valence-corrected chi connectivity index (χ3v) is 2.78. The summed E-state index contributed by atoms with van der Waals surface area (Å²) in [6.07, 6.45) is 0. The quantitative estimate of drug-likeness (QED) is 0.885. The highest BCUT2D eigenvalue weighted by molar-refractivity contribution is 5.48. The number of anilines is 1. The maximum absolute atomic E-state index is 12.8. The first-order chi connectivity index (χ1) is 8.70. The molecule has 0 radical (unpaired) electrons. The van der Waals surface area contributed by atoms with Gasteiger partial charge in [0.25, 0.3) is 0 Å². The zero-order valence-corrected chi connectivity index (χ0v) is 10.0. The predicted molar refractivity (Wildman–Crippen MR) is 69.6 cm³/mol. The van der Waals surface area contributed by atoms with Gasteiger partial charge in [0, 0.05) is 5.69 Å². The number of nitriles is 1. The Morgan fingerprint density at radius 3 is 2.39 bits per heavy atom. The first kappa shape index (κ1) is 12.1. The highest BCUT2D eigenvalue weighted by Gasteiger charge is 2.12. The van der Waals surface area contributed by atoms with Crippen LogP contribution in [0.2, 0.25) is 0 Å². The van der Waals surface area contributed by atoms with Gasteiger partial charge in [-0.25, -0.2) is 4.39 Å². The molecule has 0 amide bonds. The Balaban J connectivity index is 2.23. The second-order valence-electron chi connectivity index (χ2n) is 4.07. The first-order valence-corrected chi connectivity index (χ1v) is 5.68. The van der Waals surface area contributed by atoms with Crippen LogP contribution in [-0.4, -0.2) is 0 Å². The van der Waals surface area contributed by atoms with Crippen LogP contribution < -0.4 is 5.32 Å². The molecular formula is C15H13FN2. The molecule has 2 nitrogen and oxygen atoms in total. The monoisotopic (exact) mass is 240 g/mol. The van der Waals surface area contributed by atoms with E-state index in [0.29, 0.717) is 0 Å². The minimum Gasteiger partial charge on any atom is -0.366 e. The number of aryl methyl sites for hydroxylation is 1. The van der Waals surface area contributed by atoms with Crippen LogP contribution in [0.4, 0.5) is 10.1 Å². The number of rotatable bonds is 3. The van der Waals surface area contributed by atoms with E-state index in [0.717, 1.165) is 16.8 Å². The van der Waals surface area contributed by atoms with Crippen LogP contribution in [0.3, 0.4) is 0 Å². The SMILES string of the molecule is Cc1ccccc1C(C#N)Nc1ccc(F)cc1. The van der Waals surface area contributed by atoms with Gasteiger partial charge in [-0.1, -0.05) is 24.3 Å². The van der Waals surface area contributed by atoms with Crippen molar-refractivity contribution in [2.45, 2.75) is 13.0 Å². The van der Waals surface area contributed by atoms with Crippen molar-refractivity contribution in [2.24, 2.45) is 0 Å². The maximum Gasteiger partial charge on any atom is 0.140 e. The number of hydrogen-bond donors (Lipinski definition) is 1. The van der Waals surface area contributed by atoms with E-state index >= 15 is 0 Å². The van der Waals surface area contributed by atoms with Crippen molar-refractivity contribution in [1.29, 1.82) is 5.26 Å². The molecule has 0 aromatic heterocycles. The third-order valence-electron chi connectivity index (χ3n) is 2.78. The second-order valence-corrected chi connectivity index (χ2v) is 4.07. The highest BCUT2D eigenvalue weighted by atomic mass is 19.1. The molecular weight excluding hydrogens is 227 g/mol. The van der Waals surface area contributed by atoms with Gasteiger partial charge in [0.1, 0.15) is 11.9 Å². The number of benzene rings is 2. The zero-order chi connectivity index (χ0) is 13.0. The number of nitrogens with zero attached hydrogens (tertiary/aromatic N) is 1. The average molecular weight is 240 g/mol. The standard InChI is InChI=1S/C15H13FN2/c1-11-4-2-3-5-14(11)15(10-17)18-13-8-6-12(16)7-9-13/h2-9,15,18H,1H3. The van der Waals surface area contributed by atoms with E-state index in [4.69, 9.17) is 0 Å². The van der Waals surface area contributed by atoms with Crippen LogP contribution >= 0.6 is 0 Å². The lowest BCUT2D eigenvalue weighted by molar-refractivity contribution is 0.628. The lowest BCUT2D eigenvalue weighted by Gasteiger charge is -2.15. The summed E-state index contributed by atoms with van der Waals surface area (Å²) in [5, 5.41) is 12.3. The van der Waals surface area contributed by atoms with Crippen molar-refractivity contribution < 1.29 is 4.39 Å². The molecule has 1 unspecified atom stereocenters. The zero-order valence-electron chi connectivity index (χ0n) is 10.0. The van der Waals surface area contributed by atoms with Crippen molar-refractivity contribution in [2.75, 3.05) is 5.32 Å². The molecule has 2 aromatic rings. The summed E-state index contributed by atoms with van der Waals surface area (Å²) in [5.74, 6) is -0.287. The Bertz CT molecular complexity index is 570. The molecule has 0 spiro atoms. The van der Waals surface area contributed by atoms with Crippen LogP contribution in [0, 0.1) is 24.1 Å². The highest BCUT2D eigenvalue weighted by Crippen LogP contribution is 2.21. The molecule has 0 saturated carbocycles. The fourth-order valence-electron chi connectivity index (χ4n) is 1.80. The van der Waals surface area contributed by atoms with Gasteiger partial charge in [-0.15, -0.1) is 0 Å². The fraction of sp³-hybridized carbons (Fsp3) is 0.133. The smallest absolute Gasteiger partial charge is 0.140 e. The molecule has 2 aromatic carbocycles. The molecule has 0 heterocycles. The molecule has 0 aliphatic carbocycles. The summed E-state index contributed by atoms with van der Waals surface area (Å²) in [6.45, 7) is 1.96. The van der Waals surface area contributed by atoms with Crippen molar-refractivity contribution >= 4 is 5.69 Å². The molecule has 2 rings (SSSR count). The molecule has 0 aliphatic heterocycles. The lowest BCUT2D eigenvalue weighted by atomic mass is 10.0. The van der Waals surface area contributed by atoms with Crippen molar-refractivity contribution in [1.82, 2.24) is 0 Å². The molecule has 3 heteroatoms. The van der Waals surface area contributed by atoms with Gasteiger partial charge in [0.2, 0.25) is 0 Å². The van der Waals surface area contributed by atoms with Gasteiger partial charge in [-0.05, 0) is 42.3 Å². The topological polar surface area (TPSA) is 35.8 Å². The van der Waals surface area contributed by atoms with Gasteiger partial charge in [0.15, 0.2) is 0 Å². The van der Waals surface area contributed by atoms with E-state index in [-0.39, 0.29) is 5.82 Å². The Kier molecular flexibility index (Phi) is 3.59. The van der Waals surface area contributed by atoms with E-state index in [1.165, 1.54) is 12.1 Å². The Morgan fingerprint density at radius 2 is 1.78 bits per heavy atom. The maximum atomic E-state index is 12.8. The molecule has 0 fully saturated rings. The van der Waals surface area contributed by atoms with E-state index in [2.05, 4.69) is 11.4 Å². The lowest BCUT2D eigenvalue weighted by Crippen LogP contribution is -2.09. The van der Waals surface area contributed by atoms with E-state index in [9.17, 15) is 9.65 Å². The Morgan fingerprint density at radius 1 is 1.11 bits per heavy atom. The molecule has 0 bridgehead atoms. The first-order valence-electron chi connectivity index (χ1n) is 5.68. The van der Waals surface area contributed by atoms with Gasteiger partial charge >= 0.3 is 0 Å². The van der Waals surface area contributed by atoms with Gasteiger partial charge in [-0.2, -0.15) is 5.26 Å². The van der Waals surface area contributed by atoms with Crippen LogP contribution in [0.15, 0.2) is 48.5 Å². The third kappa shape index (κ3) is 2.67. The number of nitrogens with one attached hydrogen (secondary N) is 1. The minimum absolute atomic E-state index is 0.287. The summed E-state index contributed by atoms with van der Waals surface area (Å²) in [7, 11) is 0. The minimum atomic E-state index is -0.434. The van der Waals surface area contributed by atoms with Crippen LogP contribution in [0.5, 0.6) is 0 Å². The van der Waals surface area contributed by atoms with Crippen molar-refractivity contribution in [3.63, 3.8) is 0 Å². The van der Waals surface area contributed by atoms with E-state index < -0.39 is 6.04 Å². The Labute approximate surface area is 106 Å². The van der Waals surface area contributed by atoms with Gasteiger partial charge in [0.05, 0.1) is 6.07 Å². The molecule has 18 heavy (non-hydrogen) atoms. The average Bonchev–Trinajstić information content (AvgIpc) is 2.39. The molecule has 1 N–H and O–H groups in total. The number of hydrogen-bond acceptors (Lipinski definition) is 2.